The van der Waals surface area contributed by atoms with Crippen molar-refractivity contribution in [1.29, 1.82) is 0 Å². The molecule has 1 fully saturated rings. The Morgan fingerprint density at radius 3 is 2.71 bits per heavy atom. The first kappa shape index (κ1) is 14.4. The van der Waals surface area contributed by atoms with Crippen LogP contribution in [0.4, 0.5) is 8.78 Å². The van der Waals surface area contributed by atoms with Crippen molar-refractivity contribution in [1.82, 2.24) is 14.8 Å². The van der Waals surface area contributed by atoms with Crippen LogP contribution in [-0.4, -0.2) is 52.8 Å². The highest BCUT2D eigenvalue weighted by Crippen LogP contribution is 2.29. The lowest BCUT2D eigenvalue weighted by atomic mass is 10.1. The molecule has 0 aromatic carbocycles. The second kappa shape index (κ2) is 5.36. The van der Waals surface area contributed by atoms with Crippen molar-refractivity contribution in [2.45, 2.75) is 38.7 Å². The molecule has 3 rings (SSSR count). The van der Waals surface area contributed by atoms with Crippen molar-refractivity contribution in [2.75, 3.05) is 26.2 Å². The van der Waals surface area contributed by atoms with E-state index in [4.69, 9.17) is 4.42 Å². The number of carbonyl (C=O) groups excluding carboxylic acids is 1. The predicted octanol–water partition coefficient (Wildman–Crippen LogP) is 1.92. The van der Waals surface area contributed by atoms with E-state index < -0.39 is 5.92 Å². The number of nitrogens with zero attached hydrogens (tertiary/aromatic N) is 3. The highest BCUT2D eigenvalue weighted by Gasteiger charge is 2.37. The Morgan fingerprint density at radius 2 is 2.05 bits per heavy atom. The van der Waals surface area contributed by atoms with Crippen LogP contribution in [-0.2, 0) is 13.0 Å². The molecule has 0 aliphatic carbocycles. The van der Waals surface area contributed by atoms with Gasteiger partial charge in [0.1, 0.15) is 5.76 Å². The molecule has 0 spiro atoms. The van der Waals surface area contributed by atoms with E-state index in [1.54, 1.807) is 0 Å². The Bertz CT molecular complexity index is 534. The largest absolute Gasteiger partial charge is 0.437 e. The normalized spacial score (nSPS) is 22.1. The molecule has 1 saturated heterocycles. The number of oxazole rings is 1. The lowest BCUT2D eigenvalue weighted by Crippen LogP contribution is -2.42. The van der Waals surface area contributed by atoms with Crippen LogP contribution in [0.3, 0.4) is 0 Å². The van der Waals surface area contributed by atoms with E-state index in [2.05, 4.69) is 16.8 Å². The number of carbonyl (C=O) groups is 1. The minimum Gasteiger partial charge on any atom is -0.437 e. The fraction of sp³-hybridized carbons (Fsp3) is 0.714. The van der Waals surface area contributed by atoms with Gasteiger partial charge in [-0.05, 0) is 6.54 Å². The van der Waals surface area contributed by atoms with Crippen LogP contribution in [0.1, 0.15) is 41.9 Å². The Hall–Kier alpha value is -1.50. The van der Waals surface area contributed by atoms with Crippen LogP contribution >= 0.6 is 0 Å². The molecule has 1 aromatic rings. The molecule has 0 atom stereocenters. The molecule has 0 saturated carbocycles. The molecule has 0 N–H and O–H groups in total. The van der Waals surface area contributed by atoms with E-state index in [0.29, 0.717) is 6.54 Å². The molecular formula is C14H19F2N3O2. The summed E-state index contributed by atoms with van der Waals surface area (Å²) in [5.41, 5.74) is 0.800. The molecule has 3 heterocycles. The number of hydrogen-bond donors (Lipinski definition) is 0. The lowest BCUT2D eigenvalue weighted by Gasteiger charge is -2.30. The molecule has 0 unspecified atom stereocenters. The van der Waals surface area contributed by atoms with E-state index in [0.717, 1.165) is 31.0 Å². The molecule has 21 heavy (non-hydrogen) atoms. The van der Waals surface area contributed by atoms with Crippen molar-refractivity contribution < 1.29 is 18.0 Å². The first-order valence-electron chi connectivity index (χ1n) is 7.36. The standard InChI is InChI=1S/C14H19F2N3O2/c1-2-18-6-3-11-10(9-18)17-12(21-11)13(20)19-7-4-14(15,16)5-8-19/h2-9H2,1H3. The monoisotopic (exact) mass is 299 g/mol. The first-order valence-corrected chi connectivity index (χ1v) is 7.36. The number of alkyl halides is 2. The fourth-order valence-corrected chi connectivity index (χ4v) is 2.79. The van der Waals surface area contributed by atoms with Crippen molar-refractivity contribution in [2.24, 2.45) is 0 Å². The Balaban J connectivity index is 1.70. The molecule has 7 heteroatoms. The van der Waals surface area contributed by atoms with Gasteiger partial charge in [0.05, 0.1) is 5.69 Å². The molecule has 1 aromatic heterocycles. The molecule has 5 nitrogen and oxygen atoms in total. The van der Waals surface area contributed by atoms with Gasteiger partial charge in [0.2, 0.25) is 0 Å². The Morgan fingerprint density at radius 1 is 1.33 bits per heavy atom. The number of fused-ring (bicyclic) bond motifs is 1. The van der Waals surface area contributed by atoms with Crippen LogP contribution in [0.15, 0.2) is 4.42 Å². The van der Waals surface area contributed by atoms with E-state index in [-0.39, 0.29) is 37.7 Å². The third kappa shape index (κ3) is 2.92. The minimum absolute atomic E-state index is 0.0446. The maximum absolute atomic E-state index is 13.1. The van der Waals surface area contributed by atoms with Gasteiger partial charge in [-0.15, -0.1) is 0 Å². The van der Waals surface area contributed by atoms with Crippen LogP contribution in [0.25, 0.3) is 0 Å². The number of halogens is 2. The van der Waals surface area contributed by atoms with Gasteiger partial charge in [-0.2, -0.15) is 0 Å². The molecule has 0 bridgehead atoms. The van der Waals surface area contributed by atoms with Gasteiger partial charge >= 0.3 is 5.91 Å². The second-order valence-corrected chi connectivity index (χ2v) is 5.66. The highest BCUT2D eigenvalue weighted by atomic mass is 19.3. The molecular weight excluding hydrogens is 280 g/mol. The quantitative estimate of drug-likeness (QED) is 0.837. The summed E-state index contributed by atoms with van der Waals surface area (Å²) in [4.78, 5) is 20.2. The number of rotatable bonds is 2. The molecule has 116 valence electrons. The third-order valence-electron chi connectivity index (χ3n) is 4.22. The zero-order valence-corrected chi connectivity index (χ0v) is 12.1. The zero-order valence-electron chi connectivity index (χ0n) is 12.1. The van der Waals surface area contributed by atoms with Crippen molar-refractivity contribution in [3.05, 3.63) is 17.3 Å². The molecule has 2 aliphatic rings. The topological polar surface area (TPSA) is 49.6 Å². The summed E-state index contributed by atoms with van der Waals surface area (Å²) in [5.74, 6) is -2.23. The van der Waals surface area contributed by atoms with E-state index in [1.807, 2.05) is 0 Å². The second-order valence-electron chi connectivity index (χ2n) is 5.66. The number of aromatic nitrogens is 1. The van der Waals surface area contributed by atoms with E-state index in [9.17, 15) is 13.6 Å². The SMILES string of the molecule is CCN1CCc2oc(C(=O)N3CCC(F)(F)CC3)nc2C1. The van der Waals surface area contributed by atoms with Gasteiger partial charge in [0, 0.05) is 45.4 Å². The summed E-state index contributed by atoms with van der Waals surface area (Å²) >= 11 is 0. The summed E-state index contributed by atoms with van der Waals surface area (Å²) in [6.45, 7) is 4.69. The minimum atomic E-state index is -2.66. The van der Waals surface area contributed by atoms with Gasteiger partial charge in [0.15, 0.2) is 0 Å². The third-order valence-corrected chi connectivity index (χ3v) is 4.22. The summed E-state index contributed by atoms with van der Waals surface area (Å²) in [6.07, 6.45) is 0.160. The summed E-state index contributed by atoms with van der Waals surface area (Å²) in [7, 11) is 0. The van der Waals surface area contributed by atoms with Gasteiger partial charge in [-0.25, -0.2) is 13.8 Å². The maximum Gasteiger partial charge on any atom is 0.309 e. The van der Waals surface area contributed by atoms with Gasteiger partial charge in [0.25, 0.3) is 11.8 Å². The summed E-state index contributed by atoms with van der Waals surface area (Å²) < 4.78 is 31.8. The van der Waals surface area contributed by atoms with Crippen LogP contribution in [0.5, 0.6) is 0 Å². The van der Waals surface area contributed by atoms with Gasteiger partial charge in [-0.3, -0.25) is 9.69 Å². The maximum atomic E-state index is 13.1. The number of likely N-dealkylation sites (N-methyl/N-ethyl adjacent to an activating group) is 1. The average molecular weight is 299 g/mol. The van der Waals surface area contributed by atoms with Crippen LogP contribution < -0.4 is 0 Å². The number of hydrogen-bond acceptors (Lipinski definition) is 4. The molecule has 1 amide bonds. The molecule has 2 aliphatic heterocycles. The number of likely N-dealkylation sites (tertiary alicyclic amines) is 1. The number of amides is 1. The lowest BCUT2D eigenvalue weighted by molar-refractivity contribution is -0.0499. The van der Waals surface area contributed by atoms with Crippen molar-refractivity contribution >= 4 is 5.91 Å². The average Bonchev–Trinajstić information content (AvgIpc) is 2.89. The highest BCUT2D eigenvalue weighted by molar-refractivity contribution is 5.89. The number of piperidine rings is 1. The smallest absolute Gasteiger partial charge is 0.309 e. The van der Waals surface area contributed by atoms with E-state index >= 15 is 0 Å². The van der Waals surface area contributed by atoms with Gasteiger partial charge < -0.3 is 9.32 Å². The van der Waals surface area contributed by atoms with Crippen molar-refractivity contribution in [3.63, 3.8) is 0 Å². The van der Waals surface area contributed by atoms with Crippen LogP contribution in [0.2, 0.25) is 0 Å². The summed E-state index contributed by atoms with van der Waals surface area (Å²) in [6, 6.07) is 0. The summed E-state index contributed by atoms with van der Waals surface area (Å²) in [5, 5.41) is 0. The first-order chi connectivity index (χ1) is 9.98. The van der Waals surface area contributed by atoms with Crippen LogP contribution in [0, 0.1) is 0 Å². The Labute approximate surface area is 121 Å². The molecule has 0 radical (unpaired) electrons. The van der Waals surface area contributed by atoms with Crippen molar-refractivity contribution in [3.8, 4) is 0 Å². The predicted molar refractivity (Wildman–Crippen MR) is 71.2 cm³/mol. The van der Waals surface area contributed by atoms with E-state index in [1.165, 1.54) is 4.90 Å². The Kier molecular flexibility index (Phi) is 3.69. The fourth-order valence-electron chi connectivity index (χ4n) is 2.79. The zero-order chi connectivity index (χ0) is 15.0. The van der Waals surface area contributed by atoms with Gasteiger partial charge in [-0.1, -0.05) is 6.92 Å².